The molecule has 7 heteroatoms. The highest BCUT2D eigenvalue weighted by Crippen LogP contribution is 2.17. The summed E-state index contributed by atoms with van der Waals surface area (Å²) in [6, 6.07) is 7.89. The van der Waals surface area contributed by atoms with Crippen LogP contribution < -0.4 is 16.3 Å². The van der Waals surface area contributed by atoms with E-state index in [0.29, 0.717) is 10.4 Å². The summed E-state index contributed by atoms with van der Waals surface area (Å²) in [7, 11) is 0. The molecule has 0 fully saturated rings. The molecule has 0 aliphatic carbocycles. The normalized spacial score (nSPS) is 10.7. The van der Waals surface area contributed by atoms with E-state index < -0.39 is 17.5 Å². The Morgan fingerprint density at radius 3 is 2.37 bits per heavy atom. The number of nitrogens with one attached hydrogen (secondary N) is 1. The smallest absolute Gasteiger partial charge is 0.307 e. The first kappa shape index (κ1) is 12.9. The van der Waals surface area contributed by atoms with Gasteiger partial charge >= 0.3 is 17.5 Å². The van der Waals surface area contributed by atoms with Crippen molar-refractivity contribution in [2.45, 2.75) is 19.9 Å². The Bertz CT molecular complexity index is 681. The number of anilines is 1. The fourth-order valence-corrected chi connectivity index (χ4v) is 1.73. The molecule has 0 saturated carbocycles. The summed E-state index contributed by atoms with van der Waals surface area (Å²) in [5.74, 6) is -0.963. The highest BCUT2D eigenvalue weighted by molar-refractivity contribution is 5.93. The zero-order chi connectivity index (χ0) is 14.0. The zero-order valence-corrected chi connectivity index (χ0v) is 10.5. The average Bonchev–Trinajstić information content (AvgIpc) is 2.69. The number of aromatic nitrogens is 2. The lowest BCUT2D eigenvalue weighted by Crippen LogP contribution is -2.43. The van der Waals surface area contributed by atoms with Crippen molar-refractivity contribution in [3.8, 4) is 0 Å². The third-order valence-corrected chi connectivity index (χ3v) is 2.50. The van der Waals surface area contributed by atoms with Crippen LogP contribution in [0.1, 0.15) is 13.8 Å². The van der Waals surface area contributed by atoms with Crippen LogP contribution in [0.2, 0.25) is 0 Å². The van der Waals surface area contributed by atoms with E-state index in [0.717, 1.165) is 0 Å². The molecule has 1 aromatic carbocycles. The van der Waals surface area contributed by atoms with Crippen LogP contribution in [0.5, 0.6) is 0 Å². The fourth-order valence-electron chi connectivity index (χ4n) is 1.73. The first-order chi connectivity index (χ1) is 9.00. The molecule has 0 aliphatic rings. The van der Waals surface area contributed by atoms with Crippen molar-refractivity contribution in [2.75, 3.05) is 4.90 Å². The van der Waals surface area contributed by atoms with E-state index in [9.17, 15) is 14.4 Å². The van der Waals surface area contributed by atoms with Gasteiger partial charge in [0, 0.05) is 11.7 Å². The molecule has 2 rings (SSSR count). The maximum Gasteiger partial charge on any atom is 0.440 e. The third kappa shape index (κ3) is 2.49. The van der Waals surface area contributed by atoms with Crippen LogP contribution >= 0.6 is 0 Å². The minimum absolute atomic E-state index is 0.206. The molecule has 0 unspecified atom stereocenters. The monoisotopic (exact) mass is 263 g/mol. The molecule has 7 nitrogen and oxygen atoms in total. The van der Waals surface area contributed by atoms with E-state index in [-0.39, 0.29) is 6.04 Å². The molecule has 1 heterocycles. The first-order valence-corrected chi connectivity index (χ1v) is 5.72. The second-order valence-electron chi connectivity index (χ2n) is 4.19. The van der Waals surface area contributed by atoms with E-state index in [2.05, 4.69) is 4.52 Å². The third-order valence-electron chi connectivity index (χ3n) is 2.50. The number of benzene rings is 1. The van der Waals surface area contributed by atoms with Crippen molar-refractivity contribution in [2.24, 2.45) is 0 Å². The summed E-state index contributed by atoms with van der Waals surface area (Å²) >= 11 is 0. The lowest BCUT2D eigenvalue weighted by Gasteiger charge is -2.25. The van der Waals surface area contributed by atoms with Crippen LogP contribution in [0.15, 0.2) is 44.4 Å². The number of amides is 1. The Kier molecular flexibility index (Phi) is 3.37. The number of aromatic amines is 1. The Morgan fingerprint density at radius 2 is 1.89 bits per heavy atom. The lowest BCUT2D eigenvalue weighted by molar-refractivity contribution is 0.208. The number of carbonyl (C=O) groups is 1. The van der Waals surface area contributed by atoms with Gasteiger partial charge in [0.15, 0.2) is 0 Å². The van der Waals surface area contributed by atoms with Crippen LogP contribution in [-0.4, -0.2) is 21.8 Å². The molecule has 0 aliphatic heterocycles. The molecule has 0 atom stereocenters. The van der Waals surface area contributed by atoms with E-state index in [1.54, 1.807) is 38.1 Å². The maximum absolute atomic E-state index is 12.3. The minimum Gasteiger partial charge on any atom is -0.307 e. The summed E-state index contributed by atoms with van der Waals surface area (Å²) in [5.41, 5.74) is -0.283. The van der Waals surface area contributed by atoms with Gasteiger partial charge < -0.3 is 4.52 Å². The predicted octanol–water partition coefficient (Wildman–Crippen LogP) is 1.01. The van der Waals surface area contributed by atoms with E-state index in [4.69, 9.17) is 0 Å². The maximum atomic E-state index is 12.3. The molecule has 2 aromatic rings. The summed E-state index contributed by atoms with van der Waals surface area (Å²) in [6.45, 7) is 3.58. The molecule has 100 valence electrons. The fraction of sp³-hybridized carbons (Fsp3) is 0.250. The molecule has 0 radical (unpaired) electrons. The van der Waals surface area contributed by atoms with E-state index in [1.807, 2.05) is 11.1 Å². The van der Waals surface area contributed by atoms with Crippen molar-refractivity contribution in [1.29, 1.82) is 0 Å². The molecular weight excluding hydrogens is 250 g/mol. The quantitative estimate of drug-likeness (QED) is 0.875. The summed E-state index contributed by atoms with van der Waals surface area (Å²) in [6.07, 6.45) is 0. The average molecular weight is 263 g/mol. The van der Waals surface area contributed by atoms with Crippen LogP contribution in [0, 0.1) is 0 Å². The van der Waals surface area contributed by atoms with Crippen molar-refractivity contribution in [3.05, 3.63) is 51.4 Å². The van der Waals surface area contributed by atoms with Crippen LogP contribution in [0.3, 0.4) is 0 Å². The van der Waals surface area contributed by atoms with Gasteiger partial charge in [0.1, 0.15) is 0 Å². The van der Waals surface area contributed by atoms with Gasteiger partial charge in [-0.2, -0.15) is 0 Å². The number of para-hydroxylation sites is 1. The largest absolute Gasteiger partial charge is 0.440 e. The second kappa shape index (κ2) is 4.97. The SMILES string of the molecule is CC(C)N(C(=O)n1oc(=O)[nH]c1=O)c1ccccc1. The van der Waals surface area contributed by atoms with Gasteiger partial charge in [0.25, 0.3) is 0 Å². The van der Waals surface area contributed by atoms with Crippen LogP contribution in [0.25, 0.3) is 0 Å². The number of hydrogen-bond donors (Lipinski definition) is 1. The highest BCUT2D eigenvalue weighted by Gasteiger charge is 2.24. The van der Waals surface area contributed by atoms with Crippen molar-refractivity contribution in [1.82, 2.24) is 9.72 Å². The van der Waals surface area contributed by atoms with Crippen LogP contribution in [-0.2, 0) is 0 Å². The molecular formula is C12H13N3O4. The van der Waals surface area contributed by atoms with Gasteiger partial charge in [-0.3, -0.25) is 4.90 Å². The Hall–Kier alpha value is -2.57. The van der Waals surface area contributed by atoms with Gasteiger partial charge in [-0.1, -0.05) is 22.9 Å². The van der Waals surface area contributed by atoms with Crippen molar-refractivity contribution < 1.29 is 9.32 Å². The van der Waals surface area contributed by atoms with Gasteiger partial charge in [0.05, 0.1) is 0 Å². The number of H-pyrrole nitrogens is 1. The number of nitrogens with zero attached hydrogens (tertiary/aromatic N) is 2. The molecule has 1 aromatic heterocycles. The summed E-state index contributed by atoms with van der Waals surface area (Å²) < 4.78 is 4.94. The zero-order valence-electron chi connectivity index (χ0n) is 10.5. The van der Waals surface area contributed by atoms with Crippen LogP contribution in [0.4, 0.5) is 10.5 Å². The molecule has 0 spiro atoms. The standard InChI is InChI=1S/C12H13N3O4/c1-8(2)14(9-6-4-3-5-7-9)12(18)15-10(16)13-11(17)19-15/h3-8H,1-2H3,(H,13,16,17). The molecule has 0 saturated heterocycles. The topological polar surface area (TPSA) is 88.3 Å². The van der Waals surface area contributed by atoms with E-state index >= 15 is 0 Å². The molecule has 1 N–H and O–H groups in total. The van der Waals surface area contributed by atoms with Crippen molar-refractivity contribution in [3.63, 3.8) is 0 Å². The summed E-state index contributed by atoms with van der Waals surface area (Å²) in [5, 5.41) is 0. The molecule has 1 amide bonds. The highest BCUT2D eigenvalue weighted by atomic mass is 16.5. The molecule has 19 heavy (non-hydrogen) atoms. The van der Waals surface area contributed by atoms with Crippen molar-refractivity contribution >= 4 is 11.7 Å². The molecule has 0 bridgehead atoms. The van der Waals surface area contributed by atoms with Gasteiger partial charge in [-0.05, 0) is 26.0 Å². The van der Waals surface area contributed by atoms with Gasteiger partial charge in [-0.15, -0.1) is 0 Å². The number of carbonyl (C=O) groups excluding carboxylic acids is 1. The van der Waals surface area contributed by atoms with Gasteiger partial charge in [0.2, 0.25) is 0 Å². The number of rotatable bonds is 2. The van der Waals surface area contributed by atoms with E-state index in [1.165, 1.54) is 4.90 Å². The summed E-state index contributed by atoms with van der Waals surface area (Å²) in [4.78, 5) is 37.8. The predicted molar refractivity (Wildman–Crippen MR) is 68.4 cm³/mol. The Balaban J connectivity index is 2.47. The number of hydrogen-bond acceptors (Lipinski definition) is 4. The Morgan fingerprint density at radius 1 is 1.26 bits per heavy atom. The Labute approximate surface area is 108 Å². The first-order valence-electron chi connectivity index (χ1n) is 5.72. The second-order valence-corrected chi connectivity index (χ2v) is 4.19. The lowest BCUT2D eigenvalue weighted by atomic mass is 10.2. The van der Waals surface area contributed by atoms with Gasteiger partial charge in [-0.25, -0.2) is 19.4 Å². The minimum atomic E-state index is -0.963.